The molecular weight excluding hydrogens is 524 g/mol. The maximum atomic E-state index is 13.9. The van der Waals surface area contributed by atoms with E-state index in [0.29, 0.717) is 22.6 Å². The summed E-state index contributed by atoms with van der Waals surface area (Å²) in [6.45, 7) is 2.28. The molecule has 1 fully saturated rings. The summed E-state index contributed by atoms with van der Waals surface area (Å²) >= 11 is 2.91. The van der Waals surface area contributed by atoms with Crippen molar-refractivity contribution in [1.82, 2.24) is 4.90 Å². The molecule has 0 aromatic heterocycles. The zero-order valence-electron chi connectivity index (χ0n) is 21.5. The van der Waals surface area contributed by atoms with Crippen LogP contribution < -0.4 is 4.90 Å². The lowest BCUT2D eigenvalue weighted by Crippen LogP contribution is -2.43. The first kappa shape index (κ1) is 25.5. The maximum Gasteiger partial charge on any atom is 0.263 e. The van der Waals surface area contributed by atoms with Gasteiger partial charge in [-0.25, -0.2) is 0 Å². The lowest BCUT2D eigenvalue weighted by molar-refractivity contribution is -0.126. The van der Waals surface area contributed by atoms with Crippen LogP contribution in [0.3, 0.4) is 0 Å². The summed E-state index contributed by atoms with van der Waals surface area (Å²) in [5, 5.41) is 2.46. The highest BCUT2D eigenvalue weighted by molar-refractivity contribution is 8.08. The minimum Gasteiger partial charge on any atom is -0.337 e. The maximum absolute atomic E-state index is 13.9. The lowest BCUT2D eigenvalue weighted by Gasteiger charge is -2.28. The Hall–Kier alpha value is -3.81. The Morgan fingerprint density at radius 3 is 2.03 bits per heavy atom. The van der Waals surface area contributed by atoms with Crippen LogP contribution in [0.4, 0.5) is 5.69 Å². The quantitative estimate of drug-likeness (QED) is 0.149. The fraction of sp³-hybridized carbons (Fsp3) is 0.156. The number of anilines is 1. The number of ketones is 2. The van der Waals surface area contributed by atoms with Crippen LogP contribution in [0.5, 0.6) is 0 Å². The molecule has 4 aromatic rings. The van der Waals surface area contributed by atoms with Gasteiger partial charge in [-0.3, -0.25) is 14.4 Å². The number of benzene rings is 4. The molecule has 5 nitrogen and oxygen atoms in total. The zero-order chi connectivity index (χ0) is 27.1. The van der Waals surface area contributed by atoms with E-state index in [4.69, 9.17) is 0 Å². The van der Waals surface area contributed by atoms with Gasteiger partial charge in [0.15, 0.2) is 11.6 Å². The molecule has 0 saturated carbocycles. The topological polar surface area (TPSA) is 57.7 Å². The number of hydrogen-bond donors (Lipinski definition) is 0. The van der Waals surface area contributed by atoms with Gasteiger partial charge in [-0.1, -0.05) is 115 Å². The molecular formula is C32H26N2O3S2. The number of hydrogen-bond acceptors (Lipinski definition) is 6. The number of carbonyl (C=O) groups is 3. The summed E-state index contributed by atoms with van der Waals surface area (Å²) < 4.78 is 0. The monoisotopic (exact) mass is 550 g/mol. The highest BCUT2D eigenvalue weighted by Gasteiger charge is 2.48. The number of amides is 1. The van der Waals surface area contributed by atoms with Gasteiger partial charge in [-0.2, -0.15) is 0 Å². The summed E-state index contributed by atoms with van der Waals surface area (Å²) in [5.41, 5.74) is 1.96. The van der Waals surface area contributed by atoms with Crippen molar-refractivity contribution in [3.05, 3.63) is 118 Å². The molecule has 2 heterocycles. The normalized spacial score (nSPS) is 18.7. The van der Waals surface area contributed by atoms with E-state index in [0.717, 1.165) is 26.4 Å². The number of rotatable bonds is 6. The number of thioether (sulfide) groups is 2. The van der Waals surface area contributed by atoms with Crippen molar-refractivity contribution in [2.24, 2.45) is 5.92 Å². The molecule has 1 saturated heterocycles. The van der Waals surface area contributed by atoms with E-state index in [9.17, 15) is 14.4 Å². The molecule has 7 heteroatoms. The predicted octanol–water partition coefficient (Wildman–Crippen LogP) is 6.85. The Morgan fingerprint density at radius 1 is 0.821 bits per heavy atom. The lowest BCUT2D eigenvalue weighted by atomic mass is 9.89. The van der Waals surface area contributed by atoms with Crippen LogP contribution in [0.15, 0.2) is 112 Å². The highest BCUT2D eigenvalue weighted by atomic mass is 32.2. The average Bonchev–Trinajstić information content (AvgIpc) is 3.49. The fourth-order valence-electron chi connectivity index (χ4n) is 5.21. The first-order chi connectivity index (χ1) is 19.0. The summed E-state index contributed by atoms with van der Waals surface area (Å²) in [6, 6.07) is 30.2. The third kappa shape index (κ3) is 4.36. The van der Waals surface area contributed by atoms with Crippen molar-refractivity contribution in [3.8, 4) is 0 Å². The molecule has 39 heavy (non-hydrogen) atoms. The summed E-state index contributed by atoms with van der Waals surface area (Å²) in [4.78, 5) is 47.2. The summed E-state index contributed by atoms with van der Waals surface area (Å²) in [7, 11) is 1.97. The van der Waals surface area contributed by atoms with Gasteiger partial charge in [0, 0.05) is 29.6 Å². The van der Waals surface area contributed by atoms with E-state index in [1.54, 1.807) is 65.2 Å². The fourth-order valence-corrected chi connectivity index (χ4v) is 8.15. The van der Waals surface area contributed by atoms with Gasteiger partial charge in [0.1, 0.15) is 16.2 Å². The van der Waals surface area contributed by atoms with Crippen LogP contribution in [0.2, 0.25) is 0 Å². The molecule has 4 aromatic carbocycles. The van der Waals surface area contributed by atoms with Gasteiger partial charge >= 0.3 is 0 Å². The average molecular weight is 551 g/mol. The Bertz CT molecular complexity index is 1580. The molecule has 1 atom stereocenters. The number of fused-ring (bicyclic) bond motifs is 3. The Labute approximate surface area is 235 Å². The third-order valence-electron chi connectivity index (χ3n) is 7.23. The minimum absolute atomic E-state index is 0.148. The van der Waals surface area contributed by atoms with Crippen LogP contribution in [0.25, 0.3) is 10.8 Å². The predicted molar refractivity (Wildman–Crippen MR) is 159 cm³/mol. The van der Waals surface area contributed by atoms with Crippen LogP contribution in [-0.4, -0.2) is 41.3 Å². The van der Waals surface area contributed by atoms with Gasteiger partial charge < -0.3 is 9.80 Å². The van der Waals surface area contributed by atoms with Crippen molar-refractivity contribution in [3.63, 3.8) is 0 Å². The molecule has 1 unspecified atom stereocenters. The Kier molecular flexibility index (Phi) is 6.79. The number of nitrogens with zero attached hydrogens (tertiary/aromatic N) is 2. The Balaban J connectivity index is 1.43. The van der Waals surface area contributed by atoms with Gasteiger partial charge in [-0.15, -0.1) is 0 Å². The van der Waals surface area contributed by atoms with Crippen molar-refractivity contribution in [2.45, 2.75) is 17.2 Å². The molecule has 0 bridgehead atoms. The molecule has 0 N–H and O–H groups in total. The van der Waals surface area contributed by atoms with Gasteiger partial charge in [0.05, 0.1) is 10.7 Å². The number of Topliss-reactive ketones (excluding diaryl/α,β-unsaturated/α-hetero) is 2. The first-order valence-corrected chi connectivity index (χ1v) is 14.5. The second-order valence-corrected chi connectivity index (χ2v) is 11.6. The van der Waals surface area contributed by atoms with Crippen molar-refractivity contribution >= 4 is 57.5 Å². The number of carbonyl (C=O) groups excluding carboxylic acids is 3. The van der Waals surface area contributed by atoms with E-state index in [-0.39, 0.29) is 17.5 Å². The number of likely N-dealkylation sites (N-methyl/N-ethyl adjacent to an activating group) is 1. The highest BCUT2D eigenvalue weighted by Crippen LogP contribution is 2.54. The molecule has 194 valence electrons. The van der Waals surface area contributed by atoms with Gasteiger partial charge in [-0.05, 0) is 23.8 Å². The van der Waals surface area contributed by atoms with E-state index in [1.165, 1.54) is 11.8 Å². The van der Waals surface area contributed by atoms with E-state index >= 15 is 0 Å². The van der Waals surface area contributed by atoms with E-state index in [2.05, 4.69) is 29.2 Å². The summed E-state index contributed by atoms with van der Waals surface area (Å²) in [6.07, 6.45) is 0. The standard InChI is InChI=1S/C32H26N2O3S2/c1-3-34-30(37)29(32-33(2)24-19-18-20-12-10-11-17-23(20)28(24)38-32)39-31(34)25(26(35)21-13-6-4-7-14-21)27(36)22-15-8-5-9-16-22/h4-19,25,31H,3H2,1-2H3/b32-29-. The first-order valence-electron chi connectivity index (χ1n) is 12.8. The van der Waals surface area contributed by atoms with Crippen molar-refractivity contribution < 1.29 is 14.4 Å². The molecule has 6 rings (SSSR count). The molecule has 2 aliphatic heterocycles. The minimum atomic E-state index is -1.04. The summed E-state index contributed by atoms with van der Waals surface area (Å²) in [5.74, 6) is -1.74. The van der Waals surface area contributed by atoms with Crippen molar-refractivity contribution in [1.29, 1.82) is 0 Å². The third-order valence-corrected chi connectivity index (χ3v) is 10.0. The smallest absolute Gasteiger partial charge is 0.263 e. The second kappa shape index (κ2) is 10.4. The van der Waals surface area contributed by atoms with Crippen molar-refractivity contribution in [2.75, 3.05) is 18.5 Å². The molecule has 1 amide bonds. The van der Waals surface area contributed by atoms with E-state index < -0.39 is 11.3 Å². The van der Waals surface area contributed by atoms with E-state index in [1.807, 2.05) is 38.2 Å². The SMILES string of the molecule is CCN1C(=O)/C(=C2/Sc3c(ccc4ccccc34)N2C)SC1C(C(=O)c1ccccc1)C(=O)c1ccccc1. The van der Waals surface area contributed by atoms with Gasteiger partial charge in [0.25, 0.3) is 5.91 Å². The zero-order valence-corrected chi connectivity index (χ0v) is 23.2. The van der Waals surface area contributed by atoms with Crippen LogP contribution in [0.1, 0.15) is 27.6 Å². The molecule has 0 radical (unpaired) electrons. The van der Waals surface area contributed by atoms with Crippen LogP contribution in [-0.2, 0) is 4.79 Å². The molecule has 0 aliphatic carbocycles. The largest absolute Gasteiger partial charge is 0.337 e. The van der Waals surface area contributed by atoms with Crippen LogP contribution >= 0.6 is 23.5 Å². The van der Waals surface area contributed by atoms with Crippen LogP contribution in [0, 0.1) is 5.92 Å². The second-order valence-electron chi connectivity index (χ2n) is 9.47. The van der Waals surface area contributed by atoms with Gasteiger partial charge in [0.2, 0.25) is 0 Å². The Morgan fingerprint density at radius 2 is 1.41 bits per heavy atom. The molecule has 2 aliphatic rings. The molecule has 0 spiro atoms.